The van der Waals surface area contributed by atoms with Crippen LogP contribution in [0.1, 0.15) is 5.56 Å². The third-order valence-electron chi connectivity index (χ3n) is 2.77. The van der Waals surface area contributed by atoms with Gasteiger partial charge in [0.2, 0.25) is 15.9 Å². The van der Waals surface area contributed by atoms with E-state index < -0.39 is 10.0 Å². The van der Waals surface area contributed by atoms with E-state index in [1.807, 2.05) is 0 Å². The van der Waals surface area contributed by atoms with Crippen LogP contribution < -0.4 is 10.6 Å². The number of carbonyl (C=O) groups is 1. The Bertz CT molecular complexity index is 661. The number of anilines is 1. The number of aryl methyl sites for hydroxylation is 1. The molecule has 1 rings (SSSR count). The van der Waals surface area contributed by atoms with Gasteiger partial charge in [-0.05, 0) is 24.6 Å². The van der Waals surface area contributed by atoms with Gasteiger partial charge in [-0.15, -0.1) is 6.42 Å². The SMILES string of the molecule is C#CCNCC(=O)Nc1cc(S(=O)(=O)N(C)C)ccc1C. The molecule has 0 aliphatic rings. The predicted octanol–water partition coefficient (Wildman–Crippen LogP) is 0.407. The van der Waals surface area contributed by atoms with Gasteiger partial charge in [0.15, 0.2) is 0 Å². The standard InChI is InChI=1S/C14H19N3O3S/c1-5-8-15-10-14(18)16-13-9-12(7-6-11(13)2)21(19,20)17(3)4/h1,6-7,9,15H,8,10H2,2-4H3,(H,16,18). The largest absolute Gasteiger partial charge is 0.325 e. The van der Waals surface area contributed by atoms with E-state index in [-0.39, 0.29) is 17.3 Å². The maximum absolute atomic E-state index is 12.1. The lowest BCUT2D eigenvalue weighted by Gasteiger charge is -2.14. The Kier molecular flexibility index (Phi) is 5.90. The van der Waals surface area contributed by atoms with E-state index in [0.717, 1.165) is 9.87 Å². The van der Waals surface area contributed by atoms with Gasteiger partial charge in [-0.25, -0.2) is 12.7 Å². The molecule has 0 saturated carbocycles. The average Bonchev–Trinajstić information content (AvgIpc) is 2.41. The molecule has 0 atom stereocenters. The first-order chi connectivity index (χ1) is 9.78. The van der Waals surface area contributed by atoms with E-state index in [9.17, 15) is 13.2 Å². The molecule has 0 fully saturated rings. The summed E-state index contributed by atoms with van der Waals surface area (Å²) >= 11 is 0. The number of carbonyl (C=O) groups excluding carboxylic acids is 1. The van der Waals surface area contributed by atoms with Crippen molar-refractivity contribution in [3.05, 3.63) is 23.8 Å². The van der Waals surface area contributed by atoms with Gasteiger partial charge in [0.25, 0.3) is 0 Å². The lowest BCUT2D eigenvalue weighted by molar-refractivity contribution is -0.115. The quantitative estimate of drug-likeness (QED) is 0.589. The highest BCUT2D eigenvalue weighted by Gasteiger charge is 2.18. The fourth-order valence-corrected chi connectivity index (χ4v) is 2.48. The molecule has 0 bridgehead atoms. The molecule has 1 aromatic rings. The van der Waals surface area contributed by atoms with Gasteiger partial charge in [0.05, 0.1) is 18.0 Å². The van der Waals surface area contributed by atoms with Crippen molar-refractivity contribution in [2.45, 2.75) is 11.8 Å². The molecule has 0 saturated heterocycles. The summed E-state index contributed by atoms with van der Waals surface area (Å²) in [6.07, 6.45) is 5.07. The Morgan fingerprint density at radius 2 is 2.05 bits per heavy atom. The second-order valence-electron chi connectivity index (χ2n) is 4.62. The summed E-state index contributed by atoms with van der Waals surface area (Å²) in [6.45, 7) is 2.15. The lowest BCUT2D eigenvalue weighted by atomic mass is 10.2. The molecule has 21 heavy (non-hydrogen) atoms. The molecule has 6 nitrogen and oxygen atoms in total. The van der Waals surface area contributed by atoms with Gasteiger partial charge in [0.1, 0.15) is 0 Å². The maximum atomic E-state index is 12.1. The number of nitrogens with one attached hydrogen (secondary N) is 2. The predicted molar refractivity (Wildman–Crippen MR) is 82.4 cm³/mol. The van der Waals surface area contributed by atoms with Crippen LogP contribution in [0.25, 0.3) is 0 Å². The highest BCUT2D eigenvalue weighted by atomic mass is 32.2. The summed E-state index contributed by atoms with van der Waals surface area (Å²) in [5.41, 5.74) is 1.24. The van der Waals surface area contributed by atoms with Gasteiger partial charge in [-0.1, -0.05) is 12.0 Å². The maximum Gasteiger partial charge on any atom is 0.242 e. The number of amides is 1. The Balaban J connectivity index is 2.94. The van der Waals surface area contributed by atoms with Gasteiger partial charge < -0.3 is 5.32 Å². The van der Waals surface area contributed by atoms with E-state index >= 15 is 0 Å². The van der Waals surface area contributed by atoms with Crippen molar-refractivity contribution >= 4 is 21.6 Å². The highest BCUT2D eigenvalue weighted by molar-refractivity contribution is 7.89. The molecule has 7 heteroatoms. The molecular weight excluding hydrogens is 290 g/mol. The Morgan fingerprint density at radius 3 is 2.62 bits per heavy atom. The summed E-state index contributed by atoms with van der Waals surface area (Å²) in [5, 5.41) is 5.43. The van der Waals surface area contributed by atoms with Gasteiger partial charge in [0, 0.05) is 19.8 Å². The fourth-order valence-electron chi connectivity index (χ4n) is 1.55. The molecule has 1 aromatic carbocycles. The summed E-state index contributed by atoms with van der Waals surface area (Å²) < 4.78 is 25.3. The second kappa shape index (κ2) is 7.22. The molecule has 0 aromatic heterocycles. The molecule has 2 N–H and O–H groups in total. The van der Waals surface area contributed by atoms with E-state index in [0.29, 0.717) is 12.2 Å². The topological polar surface area (TPSA) is 78.5 Å². The summed E-state index contributed by atoms with van der Waals surface area (Å²) in [6, 6.07) is 4.61. The minimum Gasteiger partial charge on any atom is -0.325 e. The first kappa shape index (κ1) is 17.2. The monoisotopic (exact) mass is 309 g/mol. The van der Waals surface area contributed by atoms with Crippen molar-refractivity contribution < 1.29 is 13.2 Å². The van der Waals surface area contributed by atoms with Crippen molar-refractivity contribution in [1.82, 2.24) is 9.62 Å². The fraction of sp³-hybridized carbons (Fsp3) is 0.357. The number of hydrogen-bond donors (Lipinski definition) is 2. The number of sulfonamides is 1. The number of hydrogen-bond acceptors (Lipinski definition) is 4. The Labute approximate surface area is 125 Å². The van der Waals surface area contributed by atoms with Crippen LogP contribution in [0.2, 0.25) is 0 Å². The van der Waals surface area contributed by atoms with Crippen molar-refractivity contribution in [1.29, 1.82) is 0 Å². The van der Waals surface area contributed by atoms with Crippen molar-refractivity contribution in [3.63, 3.8) is 0 Å². The van der Waals surface area contributed by atoms with E-state index in [4.69, 9.17) is 6.42 Å². The van der Waals surface area contributed by atoms with Crippen LogP contribution in [0.5, 0.6) is 0 Å². The average molecular weight is 309 g/mol. The number of rotatable bonds is 6. The number of benzene rings is 1. The Hall–Kier alpha value is -1.88. The zero-order valence-corrected chi connectivity index (χ0v) is 13.1. The summed E-state index contributed by atoms with van der Waals surface area (Å²) in [7, 11) is -0.622. The van der Waals surface area contributed by atoms with Crippen molar-refractivity contribution in [2.75, 3.05) is 32.5 Å². The van der Waals surface area contributed by atoms with Gasteiger partial charge in [-0.2, -0.15) is 0 Å². The molecule has 0 aliphatic heterocycles. The van der Waals surface area contributed by atoms with Crippen LogP contribution in [0.4, 0.5) is 5.69 Å². The smallest absolute Gasteiger partial charge is 0.242 e. The molecule has 0 radical (unpaired) electrons. The second-order valence-corrected chi connectivity index (χ2v) is 6.77. The molecule has 0 heterocycles. The number of nitrogens with zero attached hydrogens (tertiary/aromatic N) is 1. The molecule has 1 amide bonds. The van der Waals surface area contributed by atoms with E-state index in [2.05, 4.69) is 16.6 Å². The molecular formula is C14H19N3O3S. The van der Waals surface area contributed by atoms with Crippen LogP contribution in [-0.2, 0) is 14.8 Å². The third kappa shape index (κ3) is 4.56. The first-order valence-corrected chi connectivity index (χ1v) is 7.70. The van der Waals surface area contributed by atoms with Crippen LogP contribution in [-0.4, -0.2) is 45.8 Å². The van der Waals surface area contributed by atoms with Crippen molar-refractivity contribution in [3.8, 4) is 12.3 Å². The molecule has 0 unspecified atom stereocenters. The van der Waals surface area contributed by atoms with Gasteiger partial charge >= 0.3 is 0 Å². The first-order valence-electron chi connectivity index (χ1n) is 6.26. The highest BCUT2D eigenvalue weighted by Crippen LogP contribution is 2.21. The van der Waals surface area contributed by atoms with Gasteiger partial charge in [-0.3, -0.25) is 10.1 Å². The van der Waals surface area contributed by atoms with Crippen LogP contribution >= 0.6 is 0 Å². The number of terminal acetylenes is 1. The van der Waals surface area contributed by atoms with E-state index in [1.165, 1.54) is 26.2 Å². The minimum absolute atomic E-state index is 0.0638. The normalized spacial score (nSPS) is 11.2. The zero-order chi connectivity index (χ0) is 16.0. The minimum atomic E-state index is -3.53. The zero-order valence-electron chi connectivity index (χ0n) is 12.3. The molecule has 0 spiro atoms. The summed E-state index contributed by atoms with van der Waals surface area (Å²) in [5.74, 6) is 2.08. The van der Waals surface area contributed by atoms with Crippen LogP contribution in [0.3, 0.4) is 0 Å². The Morgan fingerprint density at radius 1 is 1.38 bits per heavy atom. The summed E-state index contributed by atoms with van der Waals surface area (Å²) in [4.78, 5) is 11.9. The van der Waals surface area contributed by atoms with Crippen LogP contribution in [0.15, 0.2) is 23.1 Å². The van der Waals surface area contributed by atoms with Crippen LogP contribution in [0, 0.1) is 19.3 Å². The van der Waals surface area contributed by atoms with E-state index in [1.54, 1.807) is 13.0 Å². The third-order valence-corrected chi connectivity index (χ3v) is 4.59. The molecule has 114 valence electrons. The molecule has 0 aliphatic carbocycles. The van der Waals surface area contributed by atoms with Crippen molar-refractivity contribution in [2.24, 2.45) is 0 Å². The lowest BCUT2D eigenvalue weighted by Crippen LogP contribution is -2.28.